The van der Waals surface area contributed by atoms with E-state index in [0.717, 1.165) is 12.1 Å². The number of alkyl halides is 3. The summed E-state index contributed by atoms with van der Waals surface area (Å²) in [5.74, 6) is -0.115. The second-order valence-electron chi connectivity index (χ2n) is 7.33. The van der Waals surface area contributed by atoms with Gasteiger partial charge in [0.2, 0.25) is 0 Å². The van der Waals surface area contributed by atoms with E-state index in [1.807, 2.05) is 0 Å². The minimum atomic E-state index is -4.49. The quantitative estimate of drug-likeness (QED) is 0.423. The zero-order valence-electron chi connectivity index (χ0n) is 17.6. The Labute approximate surface area is 176 Å². The summed E-state index contributed by atoms with van der Waals surface area (Å²) in [6.45, 7) is 8.33. The van der Waals surface area contributed by atoms with E-state index in [9.17, 15) is 18.0 Å². The van der Waals surface area contributed by atoms with E-state index in [2.05, 4.69) is 15.2 Å². The second-order valence-corrected chi connectivity index (χ2v) is 7.33. The van der Waals surface area contributed by atoms with Gasteiger partial charge in [-0.25, -0.2) is 14.5 Å². The Morgan fingerprint density at radius 2 is 1.90 bits per heavy atom. The minimum absolute atomic E-state index is 0.0841. The third-order valence-electron chi connectivity index (χ3n) is 4.30. The highest BCUT2D eigenvalue weighted by molar-refractivity contribution is 6.20. The summed E-state index contributed by atoms with van der Waals surface area (Å²) in [6.07, 6.45) is -2.17. The van der Waals surface area contributed by atoms with E-state index in [0.29, 0.717) is 22.6 Å². The van der Waals surface area contributed by atoms with Gasteiger partial charge in [-0.1, -0.05) is 5.16 Å². The molecule has 0 N–H and O–H groups in total. The first-order valence-corrected chi connectivity index (χ1v) is 9.42. The Balaban J connectivity index is 2.05. The number of benzene rings is 1. The number of esters is 1. The predicted molar refractivity (Wildman–Crippen MR) is 107 cm³/mol. The highest BCUT2D eigenvalue weighted by Crippen LogP contribution is 2.32. The predicted octanol–water partition coefficient (Wildman–Crippen LogP) is 4.83. The van der Waals surface area contributed by atoms with Crippen LogP contribution >= 0.6 is 0 Å². The van der Waals surface area contributed by atoms with Gasteiger partial charge < -0.3 is 9.26 Å². The van der Waals surface area contributed by atoms with Crippen LogP contribution < -0.4 is 0 Å². The molecule has 0 unspecified atom stereocenters. The van der Waals surface area contributed by atoms with Gasteiger partial charge in [-0.3, -0.25) is 0 Å². The number of hydrogen-bond donors (Lipinski definition) is 0. The summed E-state index contributed by atoms with van der Waals surface area (Å²) >= 11 is 0. The van der Waals surface area contributed by atoms with E-state index >= 15 is 0 Å². The molecule has 0 atom stereocenters. The Morgan fingerprint density at radius 3 is 2.48 bits per heavy atom. The van der Waals surface area contributed by atoms with Crippen LogP contribution in [-0.4, -0.2) is 32.0 Å². The molecule has 0 aliphatic rings. The summed E-state index contributed by atoms with van der Waals surface area (Å²) in [5.41, 5.74) is 0.931. The van der Waals surface area contributed by atoms with Gasteiger partial charge in [0, 0.05) is 11.8 Å². The zero-order valence-corrected chi connectivity index (χ0v) is 17.6. The van der Waals surface area contributed by atoms with E-state index in [1.165, 1.54) is 17.2 Å². The molecule has 164 valence electrons. The van der Waals surface area contributed by atoms with Crippen molar-refractivity contribution in [1.82, 2.24) is 19.9 Å². The molecule has 0 amide bonds. The first-order chi connectivity index (χ1) is 14.5. The molecule has 31 heavy (non-hydrogen) atoms. The number of halogens is 3. The summed E-state index contributed by atoms with van der Waals surface area (Å²) in [6, 6.07) is 3.59. The Bertz CT molecular complexity index is 1120. The fourth-order valence-corrected chi connectivity index (χ4v) is 3.04. The van der Waals surface area contributed by atoms with Crippen molar-refractivity contribution >= 4 is 17.7 Å². The zero-order chi connectivity index (χ0) is 22.9. The molecule has 0 radical (unpaired) electrons. The molecule has 2 aromatic heterocycles. The van der Waals surface area contributed by atoms with Crippen molar-refractivity contribution in [1.29, 1.82) is 0 Å². The maximum absolute atomic E-state index is 13.1. The molecule has 2 heterocycles. The van der Waals surface area contributed by atoms with Gasteiger partial charge in [0.25, 0.3) is 0 Å². The molecule has 0 saturated heterocycles. The number of ether oxygens (including phenoxy) is 1. The summed E-state index contributed by atoms with van der Waals surface area (Å²) in [4.78, 5) is 16.8. The fourth-order valence-electron chi connectivity index (χ4n) is 3.04. The maximum atomic E-state index is 13.1. The van der Waals surface area contributed by atoms with Gasteiger partial charge in [0.15, 0.2) is 5.82 Å². The van der Waals surface area contributed by atoms with E-state index in [4.69, 9.17) is 9.26 Å². The molecule has 7 nitrogen and oxygen atoms in total. The van der Waals surface area contributed by atoms with E-state index in [1.54, 1.807) is 40.7 Å². The van der Waals surface area contributed by atoms with Crippen LogP contribution in [0.4, 0.5) is 13.2 Å². The van der Waals surface area contributed by atoms with Gasteiger partial charge in [-0.15, -0.1) is 5.10 Å². The van der Waals surface area contributed by atoms with Crippen molar-refractivity contribution in [2.45, 2.75) is 46.9 Å². The smallest absolute Gasteiger partial charge is 0.416 e. The van der Waals surface area contributed by atoms with Gasteiger partial charge in [-0.05, 0) is 58.4 Å². The lowest BCUT2D eigenvalue weighted by Gasteiger charge is -2.11. The van der Waals surface area contributed by atoms with Crippen molar-refractivity contribution in [2.24, 2.45) is 0 Å². The lowest BCUT2D eigenvalue weighted by atomic mass is 10.1. The lowest BCUT2D eigenvalue weighted by molar-refractivity contribution is -0.140. The lowest BCUT2D eigenvalue weighted by Crippen LogP contribution is -2.14. The van der Waals surface area contributed by atoms with E-state index < -0.39 is 17.7 Å². The van der Waals surface area contributed by atoms with Crippen LogP contribution in [0.1, 0.15) is 42.0 Å². The molecule has 0 saturated carbocycles. The second kappa shape index (κ2) is 8.37. The molecule has 1 aromatic carbocycles. The van der Waals surface area contributed by atoms with Crippen LogP contribution in [0, 0.1) is 20.8 Å². The first kappa shape index (κ1) is 22.3. The standard InChI is InChI=1S/C21H21F3N4O3/c1-11(2)30-20(29)17(18-13(4)27-31-14(18)5)9-28-10-25-19(26-28)15-6-12(3)7-16(8-15)21(22,23)24/h6-11H,1-5H3. The minimum Gasteiger partial charge on any atom is -0.459 e. The van der Waals surface area contributed by atoms with Crippen molar-refractivity contribution < 1.29 is 27.2 Å². The molecule has 3 rings (SSSR count). The molecule has 0 bridgehead atoms. The molecule has 0 aliphatic carbocycles. The van der Waals surface area contributed by atoms with Crippen LogP contribution in [0.3, 0.4) is 0 Å². The first-order valence-electron chi connectivity index (χ1n) is 9.42. The SMILES string of the molecule is Cc1cc(-c2ncn(C=C(C(=O)OC(C)C)c3c(C)noc3C)n2)cc(C(F)(F)F)c1. The molecule has 10 heteroatoms. The third kappa shape index (κ3) is 5.01. The van der Waals surface area contributed by atoms with Crippen molar-refractivity contribution in [2.75, 3.05) is 0 Å². The molecule has 3 aromatic rings. The van der Waals surface area contributed by atoms with Gasteiger partial charge in [0.05, 0.1) is 28.5 Å². The monoisotopic (exact) mass is 434 g/mol. The number of carbonyl (C=O) groups excluding carboxylic acids is 1. The maximum Gasteiger partial charge on any atom is 0.416 e. The highest BCUT2D eigenvalue weighted by atomic mass is 19.4. The number of rotatable bonds is 5. The average Bonchev–Trinajstić information content (AvgIpc) is 3.25. The number of aryl methyl sites for hydroxylation is 3. The average molecular weight is 434 g/mol. The van der Waals surface area contributed by atoms with Crippen LogP contribution in [0.15, 0.2) is 29.0 Å². The normalized spacial score (nSPS) is 12.5. The summed E-state index contributed by atoms with van der Waals surface area (Å²) in [7, 11) is 0. The van der Waals surface area contributed by atoms with E-state index in [-0.39, 0.29) is 23.1 Å². The molecular formula is C21H21F3N4O3. The number of aromatic nitrogens is 4. The summed E-state index contributed by atoms with van der Waals surface area (Å²) < 4.78 is 51.1. The molecule has 0 aliphatic heterocycles. The Morgan fingerprint density at radius 1 is 1.19 bits per heavy atom. The van der Waals surface area contributed by atoms with Crippen molar-refractivity contribution in [3.63, 3.8) is 0 Å². The fraction of sp³-hybridized carbons (Fsp3) is 0.333. The molecule has 0 fully saturated rings. The van der Waals surface area contributed by atoms with Crippen molar-refractivity contribution in [3.05, 3.63) is 52.7 Å². The third-order valence-corrected chi connectivity index (χ3v) is 4.30. The number of nitrogens with zero attached hydrogens (tertiary/aromatic N) is 4. The Kier molecular flexibility index (Phi) is 6.01. The molecular weight excluding hydrogens is 413 g/mol. The van der Waals surface area contributed by atoms with Gasteiger partial charge in [0.1, 0.15) is 12.1 Å². The van der Waals surface area contributed by atoms with Gasteiger partial charge >= 0.3 is 12.1 Å². The van der Waals surface area contributed by atoms with Crippen LogP contribution in [0.5, 0.6) is 0 Å². The van der Waals surface area contributed by atoms with Crippen LogP contribution in [-0.2, 0) is 15.7 Å². The number of carbonyl (C=O) groups is 1. The Hall–Kier alpha value is -3.43. The van der Waals surface area contributed by atoms with Crippen LogP contribution in [0.25, 0.3) is 23.2 Å². The number of hydrogen-bond acceptors (Lipinski definition) is 6. The highest BCUT2D eigenvalue weighted by Gasteiger charge is 2.31. The van der Waals surface area contributed by atoms with Crippen LogP contribution in [0.2, 0.25) is 0 Å². The van der Waals surface area contributed by atoms with Gasteiger partial charge in [-0.2, -0.15) is 13.2 Å². The summed E-state index contributed by atoms with van der Waals surface area (Å²) in [5, 5.41) is 8.08. The van der Waals surface area contributed by atoms with Crippen molar-refractivity contribution in [3.8, 4) is 11.4 Å². The largest absolute Gasteiger partial charge is 0.459 e. The molecule has 0 spiro atoms. The topological polar surface area (TPSA) is 83.0 Å².